The van der Waals surface area contributed by atoms with E-state index in [-0.39, 0.29) is 5.91 Å². The first-order valence-corrected chi connectivity index (χ1v) is 11.2. The van der Waals surface area contributed by atoms with E-state index in [1.54, 1.807) is 38.1 Å². The van der Waals surface area contributed by atoms with Crippen LogP contribution in [0, 0.1) is 0 Å². The van der Waals surface area contributed by atoms with Crippen molar-refractivity contribution in [3.63, 3.8) is 0 Å². The molecule has 1 amide bonds. The summed E-state index contributed by atoms with van der Waals surface area (Å²) in [6, 6.07) is 13.1. The summed E-state index contributed by atoms with van der Waals surface area (Å²) in [5, 5.41) is 5.42. The van der Waals surface area contributed by atoms with E-state index in [2.05, 4.69) is 26.2 Å². The van der Waals surface area contributed by atoms with Gasteiger partial charge in [0.25, 0.3) is 5.91 Å². The molecule has 3 aromatic rings. The molecule has 28 heavy (non-hydrogen) atoms. The number of rotatable bonds is 8. The molecule has 0 radical (unpaired) electrons. The summed E-state index contributed by atoms with van der Waals surface area (Å²) in [7, 11) is 3.29. The highest BCUT2D eigenvalue weighted by atomic mass is 79.9. The van der Waals surface area contributed by atoms with Gasteiger partial charge in [0.2, 0.25) is 0 Å². The molecule has 1 heterocycles. The first kappa shape index (κ1) is 20.7. The molecule has 0 fully saturated rings. The number of carbonyl (C=O) groups excluding carboxylic acids is 1. The van der Waals surface area contributed by atoms with Crippen LogP contribution in [0.3, 0.4) is 0 Å². The minimum absolute atomic E-state index is 0.162. The Morgan fingerprint density at radius 2 is 1.79 bits per heavy atom. The Morgan fingerprint density at radius 3 is 2.43 bits per heavy atom. The Labute approximate surface area is 180 Å². The summed E-state index contributed by atoms with van der Waals surface area (Å²) in [6.07, 6.45) is 0. The molecule has 5 nitrogen and oxygen atoms in total. The van der Waals surface area contributed by atoms with Gasteiger partial charge in [0.1, 0.15) is 11.5 Å². The molecule has 0 unspecified atom stereocenters. The Morgan fingerprint density at radius 1 is 1.11 bits per heavy atom. The fourth-order valence-corrected chi connectivity index (χ4v) is 4.36. The summed E-state index contributed by atoms with van der Waals surface area (Å²) in [5.74, 6) is 2.96. The summed E-state index contributed by atoms with van der Waals surface area (Å²) >= 11 is 6.53. The maximum atomic E-state index is 12.3. The first-order valence-electron chi connectivity index (χ1n) is 8.38. The van der Waals surface area contributed by atoms with E-state index < -0.39 is 0 Å². The number of anilines is 1. The minimum atomic E-state index is -0.162. The molecule has 0 aliphatic carbocycles. The van der Waals surface area contributed by atoms with Gasteiger partial charge in [0.15, 0.2) is 5.13 Å². The number of nitrogens with one attached hydrogen (secondary N) is 1. The van der Waals surface area contributed by atoms with Crippen molar-refractivity contribution in [3.05, 3.63) is 69.1 Å². The number of hydrogen-bond acceptors (Lipinski definition) is 6. The highest BCUT2D eigenvalue weighted by molar-refractivity contribution is 9.10. The fraction of sp³-hybridized carbons (Fsp3) is 0.200. The van der Waals surface area contributed by atoms with Gasteiger partial charge in [0, 0.05) is 33.0 Å². The lowest BCUT2D eigenvalue weighted by molar-refractivity contribution is 0.102. The summed E-state index contributed by atoms with van der Waals surface area (Å²) in [6.45, 7) is 0. The van der Waals surface area contributed by atoms with Crippen LogP contribution in [0.4, 0.5) is 5.13 Å². The SMILES string of the molecule is COc1cc(CSCc2csc(NC(=O)c3ccc(Br)cc3)n2)cc(OC)c1. The van der Waals surface area contributed by atoms with E-state index >= 15 is 0 Å². The van der Waals surface area contributed by atoms with Crippen molar-refractivity contribution in [2.45, 2.75) is 11.5 Å². The second kappa shape index (κ2) is 9.95. The molecule has 0 aliphatic heterocycles. The summed E-state index contributed by atoms with van der Waals surface area (Å²) < 4.78 is 11.5. The molecule has 0 atom stereocenters. The van der Waals surface area contributed by atoms with Gasteiger partial charge in [-0.2, -0.15) is 11.8 Å². The van der Waals surface area contributed by atoms with Crippen molar-refractivity contribution in [2.75, 3.05) is 19.5 Å². The van der Waals surface area contributed by atoms with Crippen molar-refractivity contribution >= 4 is 50.1 Å². The maximum absolute atomic E-state index is 12.3. The van der Waals surface area contributed by atoms with Crippen LogP contribution in [-0.2, 0) is 11.5 Å². The Hall–Kier alpha value is -2.03. The number of methoxy groups -OCH3 is 2. The third-order valence-corrected chi connectivity index (χ3v) is 6.18. The van der Waals surface area contributed by atoms with Gasteiger partial charge in [0.05, 0.1) is 19.9 Å². The monoisotopic (exact) mass is 478 g/mol. The van der Waals surface area contributed by atoms with E-state index in [9.17, 15) is 4.79 Å². The quantitative estimate of drug-likeness (QED) is 0.455. The van der Waals surface area contributed by atoms with Crippen molar-refractivity contribution in [2.24, 2.45) is 0 Å². The lowest BCUT2D eigenvalue weighted by Crippen LogP contribution is -2.11. The lowest BCUT2D eigenvalue weighted by Gasteiger charge is -2.08. The minimum Gasteiger partial charge on any atom is -0.497 e. The predicted molar refractivity (Wildman–Crippen MR) is 119 cm³/mol. The van der Waals surface area contributed by atoms with Crippen LogP contribution in [0.25, 0.3) is 0 Å². The molecule has 146 valence electrons. The van der Waals surface area contributed by atoms with Gasteiger partial charge in [-0.1, -0.05) is 15.9 Å². The Kier molecular flexibility index (Phi) is 7.36. The number of carbonyl (C=O) groups is 1. The van der Waals surface area contributed by atoms with Crippen molar-refractivity contribution < 1.29 is 14.3 Å². The van der Waals surface area contributed by atoms with Crippen LogP contribution in [0.1, 0.15) is 21.6 Å². The first-order chi connectivity index (χ1) is 13.6. The highest BCUT2D eigenvalue weighted by Crippen LogP contribution is 2.27. The molecular weight excluding hydrogens is 460 g/mol. The Bertz CT molecular complexity index is 923. The zero-order valence-corrected chi connectivity index (χ0v) is 18.6. The topological polar surface area (TPSA) is 60.5 Å². The van der Waals surface area contributed by atoms with Gasteiger partial charge in [-0.15, -0.1) is 11.3 Å². The number of nitrogens with zero attached hydrogens (tertiary/aromatic N) is 1. The molecule has 0 bridgehead atoms. The maximum Gasteiger partial charge on any atom is 0.257 e. The van der Waals surface area contributed by atoms with Gasteiger partial charge in [-0.05, 0) is 42.0 Å². The molecule has 1 aromatic heterocycles. The van der Waals surface area contributed by atoms with Crippen molar-refractivity contribution in [1.82, 2.24) is 4.98 Å². The second-order valence-corrected chi connectivity index (χ2v) is 8.58. The van der Waals surface area contributed by atoms with Gasteiger partial charge >= 0.3 is 0 Å². The van der Waals surface area contributed by atoms with E-state index in [0.717, 1.165) is 38.7 Å². The number of benzene rings is 2. The van der Waals surface area contributed by atoms with E-state index in [0.29, 0.717) is 10.7 Å². The van der Waals surface area contributed by atoms with Gasteiger partial charge < -0.3 is 9.47 Å². The molecule has 0 spiro atoms. The van der Waals surface area contributed by atoms with E-state index in [1.807, 2.05) is 35.7 Å². The molecule has 2 aromatic carbocycles. The van der Waals surface area contributed by atoms with E-state index in [4.69, 9.17) is 9.47 Å². The average molecular weight is 479 g/mol. The average Bonchev–Trinajstić information content (AvgIpc) is 3.15. The van der Waals surface area contributed by atoms with Crippen LogP contribution in [0.2, 0.25) is 0 Å². The van der Waals surface area contributed by atoms with Crippen LogP contribution >= 0.6 is 39.0 Å². The fourth-order valence-electron chi connectivity index (χ4n) is 2.42. The molecule has 0 aliphatic rings. The number of hydrogen-bond donors (Lipinski definition) is 1. The second-order valence-electron chi connectivity index (χ2n) is 5.82. The lowest BCUT2D eigenvalue weighted by atomic mass is 10.2. The number of thioether (sulfide) groups is 1. The van der Waals surface area contributed by atoms with Crippen molar-refractivity contribution in [3.8, 4) is 11.5 Å². The smallest absolute Gasteiger partial charge is 0.257 e. The normalized spacial score (nSPS) is 10.5. The van der Waals surface area contributed by atoms with Gasteiger partial charge in [-0.3, -0.25) is 10.1 Å². The van der Waals surface area contributed by atoms with Crippen LogP contribution in [0.15, 0.2) is 52.3 Å². The molecule has 0 saturated carbocycles. The highest BCUT2D eigenvalue weighted by Gasteiger charge is 2.09. The zero-order chi connectivity index (χ0) is 19.9. The zero-order valence-electron chi connectivity index (χ0n) is 15.4. The summed E-state index contributed by atoms with van der Waals surface area (Å²) in [4.78, 5) is 16.8. The van der Waals surface area contributed by atoms with E-state index in [1.165, 1.54) is 11.3 Å². The molecular formula is C20H19BrN2O3S2. The van der Waals surface area contributed by atoms with Crippen LogP contribution in [0.5, 0.6) is 11.5 Å². The number of ether oxygens (including phenoxy) is 2. The number of amides is 1. The van der Waals surface area contributed by atoms with Crippen molar-refractivity contribution in [1.29, 1.82) is 0 Å². The van der Waals surface area contributed by atoms with Crippen LogP contribution in [-0.4, -0.2) is 25.1 Å². The molecule has 8 heteroatoms. The number of thiazole rings is 1. The molecule has 3 rings (SSSR count). The molecule has 0 saturated heterocycles. The largest absolute Gasteiger partial charge is 0.497 e. The number of halogens is 1. The standard InChI is InChI=1S/C20H19BrN2O3S2/c1-25-17-7-13(8-18(9-17)26-2)10-27-11-16-12-28-20(22-16)23-19(24)14-3-5-15(21)6-4-14/h3-9,12H,10-11H2,1-2H3,(H,22,23,24). The summed E-state index contributed by atoms with van der Waals surface area (Å²) in [5.41, 5.74) is 2.66. The number of aromatic nitrogens is 1. The van der Waals surface area contributed by atoms with Gasteiger partial charge in [-0.25, -0.2) is 4.98 Å². The third-order valence-electron chi connectivity index (χ3n) is 3.81. The van der Waals surface area contributed by atoms with Crippen LogP contribution < -0.4 is 14.8 Å². The molecule has 1 N–H and O–H groups in total. The predicted octanol–water partition coefficient (Wildman–Crippen LogP) is 5.61. The Balaban J connectivity index is 1.53. The third kappa shape index (κ3) is 5.73.